The molecule has 0 fully saturated rings. The van der Waals surface area contributed by atoms with Crippen LogP contribution in [0.2, 0.25) is 0 Å². The first-order valence-corrected chi connectivity index (χ1v) is 12.1. The molecule has 0 aliphatic carbocycles. The quantitative estimate of drug-likeness (QED) is 0.684. The second-order valence-electron chi connectivity index (χ2n) is 9.27. The van der Waals surface area contributed by atoms with E-state index in [1.165, 1.54) is 24.3 Å². The zero-order chi connectivity index (χ0) is 25.5. The van der Waals surface area contributed by atoms with Crippen LogP contribution in [0.15, 0.2) is 42.5 Å². The fourth-order valence-electron chi connectivity index (χ4n) is 4.36. The maximum Gasteiger partial charge on any atom is 0.257 e. The van der Waals surface area contributed by atoms with Gasteiger partial charge < -0.3 is 19.7 Å². The lowest BCUT2D eigenvalue weighted by atomic mass is 10.0. The van der Waals surface area contributed by atoms with E-state index in [-0.39, 0.29) is 29.5 Å². The Morgan fingerprint density at radius 3 is 2.66 bits per heavy atom. The summed E-state index contributed by atoms with van der Waals surface area (Å²) in [4.78, 5) is 30.1. The molecule has 0 saturated carbocycles. The van der Waals surface area contributed by atoms with Gasteiger partial charge in [0.25, 0.3) is 11.8 Å². The van der Waals surface area contributed by atoms with E-state index in [2.05, 4.69) is 31.0 Å². The molecule has 0 spiro atoms. The van der Waals surface area contributed by atoms with Crippen molar-refractivity contribution >= 4 is 17.5 Å². The number of methoxy groups -OCH3 is 1. The summed E-state index contributed by atoms with van der Waals surface area (Å²) in [7, 11) is 3.41. The summed E-state index contributed by atoms with van der Waals surface area (Å²) in [6, 6.07) is 10.6. The second-order valence-corrected chi connectivity index (χ2v) is 9.27. The summed E-state index contributed by atoms with van der Waals surface area (Å²) in [5, 5.41) is 2.75. The van der Waals surface area contributed by atoms with Gasteiger partial charge in [-0.3, -0.25) is 14.5 Å². The van der Waals surface area contributed by atoms with Gasteiger partial charge in [-0.2, -0.15) is 0 Å². The number of amides is 2. The minimum atomic E-state index is -0.492. The van der Waals surface area contributed by atoms with Gasteiger partial charge >= 0.3 is 0 Å². The zero-order valence-corrected chi connectivity index (χ0v) is 21.2. The fourth-order valence-corrected chi connectivity index (χ4v) is 4.36. The highest BCUT2D eigenvalue weighted by atomic mass is 19.1. The minimum Gasteiger partial charge on any atom is -0.491 e. The molecule has 1 N–H and O–H groups in total. The van der Waals surface area contributed by atoms with E-state index in [4.69, 9.17) is 9.47 Å². The monoisotopic (exact) mass is 485 g/mol. The number of nitrogens with one attached hydrogen (secondary N) is 1. The first kappa shape index (κ1) is 26.6. The highest BCUT2D eigenvalue weighted by Gasteiger charge is 2.28. The highest BCUT2D eigenvalue weighted by Crippen LogP contribution is 2.27. The van der Waals surface area contributed by atoms with Gasteiger partial charge in [-0.15, -0.1) is 0 Å². The summed E-state index contributed by atoms with van der Waals surface area (Å²) >= 11 is 0. The Kier molecular flexibility index (Phi) is 9.23. The van der Waals surface area contributed by atoms with Crippen molar-refractivity contribution in [1.29, 1.82) is 0 Å². The van der Waals surface area contributed by atoms with E-state index in [0.717, 1.165) is 19.5 Å². The molecule has 1 aliphatic heterocycles. The smallest absolute Gasteiger partial charge is 0.257 e. The number of carbonyl (C=O) groups excluding carboxylic acids is 2. The first-order valence-electron chi connectivity index (χ1n) is 12.1. The summed E-state index contributed by atoms with van der Waals surface area (Å²) < 4.78 is 25.4. The molecule has 0 aromatic heterocycles. The zero-order valence-electron chi connectivity index (χ0n) is 21.2. The van der Waals surface area contributed by atoms with Crippen molar-refractivity contribution < 1.29 is 23.5 Å². The number of benzene rings is 2. The van der Waals surface area contributed by atoms with Crippen LogP contribution in [-0.2, 0) is 4.74 Å². The van der Waals surface area contributed by atoms with Crippen molar-refractivity contribution in [2.24, 2.45) is 5.92 Å². The van der Waals surface area contributed by atoms with Gasteiger partial charge in [-0.1, -0.05) is 19.9 Å². The summed E-state index contributed by atoms with van der Waals surface area (Å²) in [6.07, 6.45) is 0.896. The van der Waals surface area contributed by atoms with E-state index in [0.29, 0.717) is 30.2 Å². The molecule has 0 unspecified atom stereocenters. The molecule has 190 valence electrons. The van der Waals surface area contributed by atoms with E-state index in [9.17, 15) is 14.0 Å². The molecule has 2 amide bonds. The predicted octanol–water partition coefficient (Wildman–Crippen LogP) is 4.29. The Bertz CT molecular complexity index is 1030. The predicted molar refractivity (Wildman–Crippen MR) is 135 cm³/mol. The lowest BCUT2D eigenvalue weighted by Crippen LogP contribution is -2.46. The molecule has 7 nitrogen and oxygen atoms in total. The number of ether oxygens (including phenoxy) is 2. The Labute approximate surface area is 207 Å². The highest BCUT2D eigenvalue weighted by molar-refractivity contribution is 6.05. The van der Waals surface area contributed by atoms with Gasteiger partial charge in [-0.05, 0) is 62.2 Å². The molecule has 1 aliphatic rings. The summed E-state index contributed by atoms with van der Waals surface area (Å²) in [5.41, 5.74) is 0.967. The molecule has 0 radical (unpaired) electrons. The SMILES string of the molecule is CCCN1C[C@H](C)[C@@H](OC)CN(C)C(=O)c2cc(NC(=O)c3cccc(F)c3)ccc2OC[C@H]1C. The third kappa shape index (κ3) is 6.80. The van der Waals surface area contributed by atoms with Gasteiger partial charge in [0.05, 0.1) is 11.7 Å². The number of likely N-dealkylation sites (N-methyl/N-ethyl adjacent to an activating group) is 1. The lowest BCUT2D eigenvalue weighted by molar-refractivity contribution is 0.0108. The van der Waals surface area contributed by atoms with Crippen LogP contribution >= 0.6 is 0 Å². The number of nitrogens with zero attached hydrogens (tertiary/aromatic N) is 2. The third-order valence-corrected chi connectivity index (χ3v) is 6.43. The number of hydrogen-bond donors (Lipinski definition) is 1. The van der Waals surface area contributed by atoms with Crippen molar-refractivity contribution in [3.8, 4) is 5.75 Å². The number of fused-ring (bicyclic) bond motifs is 1. The third-order valence-electron chi connectivity index (χ3n) is 6.43. The molecule has 1 heterocycles. The maximum absolute atomic E-state index is 13.5. The van der Waals surface area contributed by atoms with Crippen LogP contribution in [-0.4, -0.2) is 74.2 Å². The lowest BCUT2D eigenvalue weighted by Gasteiger charge is -2.35. The Morgan fingerprint density at radius 1 is 1.20 bits per heavy atom. The fraction of sp³-hybridized carbons (Fsp3) is 0.481. The van der Waals surface area contributed by atoms with Gasteiger partial charge in [-0.25, -0.2) is 4.39 Å². The Morgan fingerprint density at radius 2 is 1.97 bits per heavy atom. The molecule has 0 saturated heterocycles. The Hall–Kier alpha value is -2.97. The largest absolute Gasteiger partial charge is 0.491 e. The molecule has 3 rings (SSSR count). The molecule has 0 bridgehead atoms. The van der Waals surface area contributed by atoms with Crippen LogP contribution in [0.1, 0.15) is 47.9 Å². The van der Waals surface area contributed by atoms with Crippen LogP contribution in [0.5, 0.6) is 5.75 Å². The van der Waals surface area contributed by atoms with E-state index >= 15 is 0 Å². The van der Waals surface area contributed by atoms with Crippen LogP contribution in [0.3, 0.4) is 0 Å². The minimum absolute atomic E-state index is 0.129. The van der Waals surface area contributed by atoms with Gasteiger partial charge in [0.2, 0.25) is 0 Å². The van der Waals surface area contributed by atoms with Crippen molar-refractivity contribution in [3.05, 3.63) is 59.4 Å². The maximum atomic E-state index is 13.5. The number of anilines is 1. The molecule has 8 heteroatoms. The number of halogens is 1. The standard InChI is InChI=1S/C27H36FN3O4/c1-6-12-31-15-18(2)25(34-5)16-30(4)27(33)23-14-22(10-11-24(23)35-17-19(31)3)29-26(32)20-8-7-9-21(28)13-20/h7-11,13-14,18-19,25H,6,12,15-17H2,1-5H3,(H,29,32)/t18-,19+,25-/m0/s1. The van der Waals surface area contributed by atoms with Crippen molar-refractivity contribution in [3.63, 3.8) is 0 Å². The number of rotatable bonds is 5. The number of hydrogen-bond acceptors (Lipinski definition) is 5. The second kappa shape index (κ2) is 12.1. The van der Waals surface area contributed by atoms with Crippen LogP contribution in [0, 0.1) is 11.7 Å². The average Bonchev–Trinajstić information content (AvgIpc) is 2.84. The van der Waals surface area contributed by atoms with Gasteiger partial charge in [0.1, 0.15) is 18.2 Å². The summed E-state index contributed by atoms with van der Waals surface area (Å²) in [6.45, 7) is 9.05. The van der Waals surface area contributed by atoms with Crippen molar-refractivity contribution in [2.45, 2.75) is 39.3 Å². The van der Waals surface area contributed by atoms with Crippen LogP contribution < -0.4 is 10.1 Å². The summed E-state index contributed by atoms with van der Waals surface area (Å²) in [5.74, 6) is -0.517. The van der Waals surface area contributed by atoms with Crippen molar-refractivity contribution in [1.82, 2.24) is 9.80 Å². The van der Waals surface area contributed by atoms with Crippen LogP contribution in [0.25, 0.3) is 0 Å². The van der Waals surface area contributed by atoms with Gasteiger partial charge in [0.15, 0.2) is 0 Å². The van der Waals surface area contributed by atoms with E-state index < -0.39 is 11.7 Å². The number of carbonyl (C=O) groups is 2. The van der Waals surface area contributed by atoms with Gasteiger partial charge in [0, 0.05) is 44.5 Å². The molecular weight excluding hydrogens is 449 g/mol. The Balaban J connectivity index is 1.92. The molecule has 3 atom stereocenters. The molecule has 2 aromatic carbocycles. The molecule has 2 aromatic rings. The van der Waals surface area contributed by atoms with Crippen molar-refractivity contribution in [2.75, 3.05) is 45.7 Å². The normalized spacial score (nSPS) is 21.9. The average molecular weight is 486 g/mol. The van der Waals surface area contributed by atoms with E-state index in [1.54, 1.807) is 37.3 Å². The first-order chi connectivity index (χ1) is 16.7. The molecule has 35 heavy (non-hydrogen) atoms. The topological polar surface area (TPSA) is 71.1 Å². The van der Waals surface area contributed by atoms with Crippen LogP contribution in [0.4, 0.5) is 10.1 Å². The van der Waals surface area contributed by atoms with E-state index in [1.807, 2.05) is 0 Å². The molecular formula is C27H36FN3O4.